The van der Waals surface area contributed by atoms with Crippen molar-refractivity contribution in [3.63, 3.8) is 0 Å². The standard InChI is InChI=1S/C8H7N3O3/c12-5-9-10-8(13)6-3-1-2-4-7(6)11-14/h1-5H,(H,9,12)(H,10,13). The van der Waals surface area contributed by atoms with E-state index in [-0.39, 0.29) is 11.3 Å². The van der Waals surface area contributed by atoms with Crippen LogP contribution in [-0.4, -0.2) is 12.3 Å². The van der Waals surface area contributed by atoms with Gasteiger partial charge in [-0.25, -0.2) is 0 Å². The third-order valence-corrected chi connectivity index (χ3v) is 1.49. The summed E-state index contributed by atoms with van der Waals surface area (Å²) in [6.07, 6.45) is 0.314. The van der Waals surface area contributed by atoms with Crippen molar-refractivity contribution in [1.82, 2.24) is 10.9 Å². The van der Waals surface area contributed by atoms with Gasteiger partial charge in [0, 0.05) is 0 Å². The van der Waals surface area contributed by atoms with E-state index >= 15 is 0 Å². The number of nitroso groups, excluding NO2 is 1. The molecule has 0 aliphatic carbocycles. The average Bonchev–Trinajstić information content (AvgIpc) is 2.25. The fourth-order valence-corrected chi connectivity index (χ4v) is 0.908. The predicted octanol–water partition coefficient (Wildman–Crippen LogP) is 0.475. The molecule has 0 radical (unpaired) electrons. The normalized spacial score (nSPS) is 8.86. The van der Waals surface area contributed by atoms with Gasteiger partial charge in [0.1, 0.15) is 5.69 Å². The summed E-state index contributed by atoms with van der Waals surface area (Å²) >= 11 is 0. The quantitative estimate of drug-likeness (QED) is 0.414. The van der Waals surface area contributed by atoms with Gasteiger partial charge in [0.2, 0.25) is 6.41 Å². The number of carbonyl (C=O) groups is 2. The molecule has 0 unspecified atom stereocenters. The molecule has 0 aliphatic heterocycles. The number of amides is 2. The van der Waals surface area contributed by atoms with Crippen LogP contribution in [0.25, 0.3) is 0 Å². The molecular weight excluding hydrogens is 186 g/mol. The lowest BCUT2D eigenvalue weighted by atomic mass is 10.2. The minimum absolute atomic E-state index is 0.0256. The van der Waals surface area contributed by atoms with Gasteiger partial charge in [0.05, 0.1) is 5.56 Å². The SMILES string of the molecule is O=CNNC(=O)c1ccccc1N=O. The van der Waals surface area contributed by atoms with Gasteiger partial charge >= 0.3 is 0 Å². The molecule has 0 aromatic heterocycles. The summed E-state index contributed by atoms with van der Waals surface area (Å²) in [7, 11) is 0. The van der Waals surface area contributed by atoms with Crippen molar-refractivity contribution in [1.29, 1.82) is 0 Å². The Labute approximate surface area is 79.2 Å². The molecule has 1 aromatic carbocycles. The predicted molar refractivity (Wildman–Crippen MR) is 48.6 cm³/mol. The summed E-state index contributed by atoms with van der Waals surface area (Å²) in [6, 6.07) is 6.01. The summed E-state index contributed by atoms with van der Waals surface area (Å²) in [6.45, 7) is 0. The minimum atomic E-state index is -0.590. The molecular formula is C8H7N3O3. The first kappa shape index (κ1) is 9.85. The van der Waals surface area contributed by atoms with Crippen molar-refractivity contribution >= 4 is 18.0 Å². The Morgan fingerprint density at radius 3 is 2.71 bits per heavy atom. The third kappa shape index (κ3) is 2.13. The zero-order valence-corrected chi connectivity index (χ0v) is 7.06. The average molecular weight is 193 g/mol. The van der Waals surface area contributed by atoms with E-state index in [0.717, 1.165) is 0 Å². The van der Waals surface area contributed by atoms with Crippen molar-refractivity contribution in [3.05, 3.63) is 34.7 Å². The number of benzene rings is 1. The van der Waals surface area contributed by atoms with Crippen LogP contribution >= 0.6 is 0 Å². The number of rotatable bonds is 4. The number of hydrogen-bond donors (Lipinski definition) is 2. The third-order valence-electron chi connectivity index (χ3n) is 1.49. The molecule has 6 nitrogen and oxygen atoms in total. The highest BCUT2D eigenvalue weighted by atomic mass is 16.3. The second-order valence-corrected chi connectivity index (χ2v) is 2.32. The molecule has 0 aliphatic rings. The Hall–Kier alpha value is -2.24. The topological polar surface area (TPSA) is 87.6 Å². The van der Waals surface area contributed by atoms with Crippen LogP contribution in [-0.2, 0) is 4.79 Å². The van der Waals surface area contributed by atoms with E-state index in [1.165, 1.54) is 12.1 Å². The lowest BCUT2D eigenvalue weighted by Crippen LogP contribution is -2.36. The Bertz CT molecular complexity index is 365. The van der Waals surface area contributed by atoms with Crippen LogP contribution in [0.2, 0.25) is 0 Å². The second-order valence-electron chi connectivity index (χ2n) is 2.32. The van der Waals surface area contributed by atoms with Crippen LogP contribution in [0.15, 0.2) is 29.4 Å². The van der Waals surface area contributed by atoms with Crippen molar-refractivity contribution in [2.24, 2.45) is 5.18 Å². The molecule has 0 spiro atoms. The molecule has 0 atom stereocenters. The molecule has 2 N–H and O–H groups in total. The molecule has 0 fully saturated rings. The maximum absolute atomic E-state index is 11.3. The molecule has 14 heavy (non-hydrogen) atoms. The van der Waals surface area contributed by atoms with Gasteiger partial charge in [-0.15, -0.1) is 4.91 Å². The maximum Gasteiger partial charge on any atom is 0.271 e. The largest absolute Gasteiger partial charge is 0.277 e. The number of nitrogens with zero attached hydrogens (tertiary/aromatic N) is 1. The molecule has 6 heteroatoms. The van der Waals surface area contributed by atoms with Crippen molar-refractivity contribution in [2.45, 2.75) is 0 Å². The van der Waals surface area contributed by atoms with Crippen LogP contribution < -0.4 is 10.9 Å². The Morgan fingerprint density at radius 1 is 1.36 bits per heavy atom. The number of nitrogens with one attached hydrogen (secondary N) is 2. The summed E-state index contributed by atoms with van der Waals surface area (Å²) < 4.78 is 0. The summed E-state index contributed by atoms with van der Waals surface area (Å²) in [5.41, 5.74) is 4.18. The summed E-state index contributed by atoms with van der Waals surface area (Å²) in [5, 5.41) is 2.67. The fraction of sp³-hybridized carbons (Fsp3) is 0. The molecule has 1 aromatic rings. The zero-order valence-electron chi connectivity index (χ0n) is 7.06. The first-order valence-corrected chi connectivity index (χ1v) is 3.71. The van der Waals surface area contributed by atoms with Gasteiger partial charge in [-0.3, -0.25) is 20.4 Å². The lowest BCUT2D eigenvalue weighted by Gasteiger charge is -2.03. The van der Waals surface area contributed by atoms with Crippen molar-refractivity contribution < 1.29 is 9.59 Å². The molecule has 72 valence electrons. The summed E-state index contributed by atoms with van der Waals surface area (Å²) in [5.74, 6) is -0.590. The zero-order chi connectivity index (χ0) is 10.4. The smallest absolute Gasteiger partial charge is 0.271 e. The van der Waals surface area contributed by atoms with Crippen LogP contribution in [0.5, 0.6) is 0 Å². The second kappa shape index (κ2) is 4.70. The van der Waals surface area contributed by atoms with Gasteiger partial charge in [-0.1, -0.05) is 12.1 Å². The van der Waals surface area contributed by atoms with Crippen LogP contribution in [0.4, 0.5) is 5.69 Å². The molecule has 0 saturated heterocycles. The van der Waals surface area contributed by atoms with Gasteiger partial charge < -0.3 is 0 Å². The van der Waals surface area contributed by atoms with Crippen molar-refractivity contribution in [2.75, 3.05) is 0 Å². The molecule has 1 rings (SSSR count). The van der Waals surface area contributed by atoms with Crippen LogP contribution in [0.3, 0.4) is 0 Å². The van der Waals surface area contributed by atoms with Gasteiger partial charge in [0.25, 0.3) is 5.91 Å². The van der Waals surface area contributed by atoms with Gasteiger partial charge in [-0.05, 0) is 17.3 Å². The van der Waals surface area contributed by atoms with E-state index in [0.29, 0.717) is 6.41 Å². The van der Waals surface area contributed by atoms with E-state index in [9.17, 15) is 14.5 Å². The van der Waals surface area contributed by atoms with E-state index in [2.05, 4.69) is 10.6 Å². The lowest BCUT2D eigenvalue weighted by molar-refractivity contribution is -0.110. The molecule has 2 amide bonds. The monoisotopic (exact) mass is 193 g/mol. The van der Waals surface area contributed by atoms with Crippen LogP contribution in [0.1, 0.15) is 10.4 Å². The van der Waals surface area contributed by atoms with E-state index in [1.54, 1.807) is 12.1 Å². The maximum atomic E-state index is 11.3. The fourth-order valence-electron chi connectivity index (χ4n) is 0.908. The Morgan fingerprint density at radius 2 is 2.07 bits per heavy atom. The summed E-state index contributed by atoms with van der Waals surface area (Å²) in [4.78, 5) is 31.4. The first-order chi connectivity index (χ1) is 6.79. The van der Waals surface area contributed by atoms with Gasteiger partial charge in [0.15, 0.2) is 0 Å². The molecule has 0 saturated carbocycles. The Kier molecular flexibility index (Phi) is 3.31. The van der Waals surface area contributed by atoms with E-state index < -0.39 is 5.91 Å². The number of hydrazine groups is 1. The first-order valence-electron chi connectivity index (χ1n) is 3.71. The van der Waals surface area contributed by atoms with Crippen LogP contribution in [0, 0.1) is 4.91 Å². The minimum Gasteiger partial charge on any atom is -0.277 e. The highest BCUT2D eigenvalue weighted by Crippen LogP contribution is 2.17. The van der Waals surface area contributed by atoms with Gasteiger partial charge in [-0.2, -0.15) is 0 Å². The Balaban J connectivity index is 2.88. The number of hydrogen-bond acceptors (Lipinski definition) is 4. The van der Waals surface area contributed by atoms with Crippen molar-refractivity contribution in [3.8, 4) is 0 Å². The highest BCUT2D eigenvalue weighted by Gasteiger charge is 2.09. The molecule has 0 bridgehead atoms. The van der Waals surface area contributed by atoms with E-state index in [4.69, 9.17) is 0 Å². The van der Waals surface area contributed by atoms with E-state index in [1.807, 2.05) is 5.43 Å². The highest BCUT2D eigenvalue weighted by molar-refractivity contribution is 5.99. The number of carbonyl (C=O) groups excluding carboxylic acids is 2. The molecule has 0 heterocycles.